The summed E-state index contributed by atoms with van der Waals surface area (Å²) in [5.74, 6) is -0.300. The molecule has 2 aromatic rings. The summed E-state index contributed by atoms with van der Waals surface area (Å²) in [6.45, 7) is 0. The van der Waals surface area contributed by atoms with Crippen molar-refractivity contribution in [1.82, 2.24) is 0 Å². The molecule has 0 saturated heterocycles. The van der Waals surface area contributed by atoms with Crippen LogP contribution in [0.15, 0.2) is 39.3 Å². The van der Waals surface area contributed by atoms with Crippen molar-refractivity contribution >= 4 is 72.3 Å². The highest BCUT2D eigenvalue weighted by Gasteiger charge is 2.13. The molecule has 2 rings (SSSR count). The molecule has 0 aromatic heterocycles. The van der Waals surface area contributed by atoms with Crippen LogP contribution in [0.4, 0.5) is 11.4 Å². The normalized spacial score (nSPS) is 10.4. The van der Waals surface area contributed by atoms with Gasteiger partial charge in [0.25, 0.3) is 5.91 Å². The van der Waals surface area contributed by atoms with Crippen LogP contribution in [0.1, 0.15) is 10.4 Å². The number of halogens is 4. The SMILES string of the molecule is Nc1ccc(C(=O)Nc2ccc(Br)c(Cl)c2Cl)cc1Br. The first-order valence-corrected chi connectivity index (χ1v) is 7.74. The lowest BCUT2D eigenvalue weighted by molar-refractivity contribution is 0.102. The first-order chi connectivity index (χ1) is 9.40. The van der Waals surface area contributed by atoms with Crippen LogP contribution in [0.5, 0.6) is 0 Å². The molecule has 0 bridgehead atoms. The Balaban J connectivity index is 2.28. The summed E-state index contributed by atoms with van der Waals surface area (Å²) in [4.78, 5) is 12.1. The molecule has 7 heteroatoms. The van der Waals surface area contributed by atoms with Crippen LogP contribution in [0, 0.1) is 0 Å². The van der Waals surface area contributed by atoms with E-state index in [0.717, 1.165) is 0 Å². The van der Waals surface area contributed by atoms with E-state index < -0.39 is 0 Å². The maximum Gasteiger partial charge on any atom is 0.255 e. The van der Waals surface area contributed by atoms with Crippen molar-refractivity contribution in [1.29, 1.82) is 0 Å². The van der Waals surface area contributed by atoms with Crippen LogP contribution >= 0.6 is 55.1 Å². The molecular weight excluding hydrogens is 431 g/mol. The van der Waals surface area contributed by atoms with Crippen LogP contribution in [0.3, 0.4) is 0 Å². The average molecular weight is 439 g/mol. The van der Waals surface area contributed by atoms with Gasteiger partial charge in [-0.25, -0.2) is 0 Å². The third kappa shape index (κ3) is 3.28. The molecule has 2 aromatic carbocycles. The predicted octanol–water partition coefficient (Wildman–Crippen LogP) is 5.35. The van der Waals surface area contributed by atoms with Crippen LogP contribution < -0.4 is 11.1 Å². The molecule has 0 aliphatic heterocycles. The van der Waals surface area contributed by atoms with Gasteiger partial charge in [-0.2, -0.15) is 0 Å². The van der Waals surface area contributed by atoms with Gasteiger partial charge in [0.2, 0.25) is 0 Å². The first-order valence-electron chi connectivity index (χ1n) is 5.40. The first kappa shape index (κ1) is 15.6. The summed E-state index contributed by atoms with van der Waals surface area (Å²) in [6, 6.07) is 8.29. The van der Waals surface area contributed by atoms with E-state index in [0.29, 0.717) is 30.9 Å². The molecule has 0 heterocycles. The molecule has 0 radical (unpaired) electrons. The van der Waals surface area contributed by atoms with Crippen molar-refractivity contribution in [2.45, 2.75) is 0 Å². The molecule has 3 N–H and O–H groups in total. The average Bonchev–Trinajstić information content (AvgIpc) is 2.42. The number of benzene rings is 2. The summed E-state index contributed by atoms with van der Waals surface area (Å²) in [5.41, 5.74) is 7.14. The smallest absolute Gasteiger partial charge is 0.255 e. The fourth-order valence-corrected chi connectivity index (χ4v) is 2.69. The van der Waals surface area contributed by atoms with E-state index in [1.54, 1.807) is 30.3 Å². The van der Waals surface area contributed by atoms with Crippen LogP contribution in [-0.2, 0) is 0 Å². The lowest BCUT2D eigenvalue weighted by Gasteiger charge is -2.10. The second kappa shape index (κ2) is 6.35. The van der Waals surface area contributed by atoms with Gasteiger partial charge < -0.3 is 11.1 Å². The molecule has 0 atom stereocenters. The maximum absolute atomic E-state index is 12.1. The zero-order valence-corrected chi connectivity index (χ0v) is 14.6. The fourth-order valence-electron chi connectivity index (χ4n) is 1.49. The Labute approximate surface area is 142 Å². The van der Waals surface area contributed by atoms with Crippen molar-refractivity contribution < 1.29 is 4.79 Å². The highest BCUT2D eigenvalue weighted by atomic mass is 79.9. The number of amides is 1. The predicted molar refractivity (Wildman–Crippen MR) is 90.7 cm³/mol. The summed E-state index contributed by atoms with van der Waals surface area (Å²) >= 11 is 18.6. The van der Waals surface area contributed by atoms with Gasteiger partial charge >= 0.3 is 0 Å². The molecule has 0 spiro atoms. The molecule has 3 nitrogen and oxygen atoms in total. The largest absolute Gasteiger partial charge is 0.398 e. The van der Waals surface area contributed by atoms with Crippen molar-refractivity contribution in [2.75, 3.05) is 11.1 Å². The molecule has 20 heavy (non-hydrogen) atoms. The summed E-state index contributed by atoms with van der Waals surface area (Å²) in [5, 5.41) is 3.33. The minimum Gasteiger partial charge on any atom is -0.398 e. The van der Waals surface area contributed by atoms with E-state index in [1.165, 1.54) is 0 Å². The zero-order chi connectivity index (χ0) is 14.9. The van der Waals surface area contributed by atoms with Gasteiger partial charge in [-0.1, -0.05) is 23.2 Å². The van der Waals surface area contributed by atoms with E-state index in [2.05, 4.69) is 37.2 Å². The van der Waals surface area contributed by atoms with E-state index in [4.69, 9.17) is 28.9 Å². The third-order valence-corrected chi connectivity index (χ3v) is 5.00. The van der Waals surface area contributed by atoms with Gasteiger partial charge in [0.15, 0.2) is 0 Å². The highest BCUT2D eigenvalue weighted by Crippen LogP contribution is 2.36. The second-order valence-corrected chi connectivity index (χ2v) is 6.38. The van der Waals surface area contributed by atoms with Crippen LogP contribution in [0.2, 0.25) is 10.0 Å². The third-order valence-electron chi connectivity index (χ3n) is 2.55. The van der Waals surface area contributed by atoms with Crippen molar-refractivity contribution in [3.05, 3.63) is 54.9 Å². The summed E-state index contributed by atoms with van der Waals surface area (Å²) < 4.78 is 1.32. The van der Waals surface area contributed by atoms with Gasteiger partial charge in [-0.15, -0.1) is 0 Å². The quantitative estimate of drug-likeness (QED) is 0.490. The Morgan fingerprint density at radius 1 is 1.05 bits per heavy atom. The van der Waals surface area contributed by atoms with Gasteiger partial charge in [-0.05, 0) is 62.2 Å². The van der Waals surface area contributed by atoms with E-state index in [1.807, 2.05) is 0 Å². The lowest BCUT2D eigenvalue weighted by Crippen LogP contribution is -2.12. The van der Waals surface area contributed by atoms with Gasteiger partial charge in [0.05, 0.1) is 15.7 Å². The number of rotatable bonds is 2. The maximum atomic E-state index is 12.1. The minimum absolute atomic E-state index is 0.281. The number of carbonyl (C=O) groups excluding carboxylic acids is 1. The number of anilines is 2. The number of carbonyl (C=O) groups is 1. The van der Waals surface area contributed by atoms with E-state index in [-0.39, 0.29) is 10.9 Å². The summed E-state index contributed by atoms with van der Waals surface area (Å²) in [6.07, 6.45) is 0. The molecule has 0 aliphatic carbocycles. The van der Waals surface area contributed by atoms with Gasteiger partial charge in [0, 0.05) is 20.2 Å². The van der Waals surface area contributed by atoms with Gasteiger partial charge in [-0.3, -0.25) is 4.79 Å². The van der Waals surface area contributed by atoms with Crippen LogP contribution in [0.25, 0.3) is 0 Å². The Kier molecular flexibility index (Phi) is 4.96. The van der Waals surface area contributed by atoms with Crippen LogP contribution in [-0.4, -0.2) is 5.91 Å². The number of nitrogens with two attached hydrogens (primary N) is 1. The molecule has 1 amide bonds. The minimum atomic E-state index is -0.300. The highest BCUT2D eigenvalue weighted by molar-refractivity contribution is 9.11. The lowest BCUT2D eigenvalue weighted by atomic mass is 10.2. The number of hydrogen-bond donors (Lipinski definition) is 2. The Bertz CT molecular complexity index is 692. The molecule has 104 valence electrons. The Morgan fingerprint density at radius 3 is 2.40 bits per heavy atom. The topological polar surface area (TPSA) is 55.1 Å². The molecule has 0 saturated carbocycles. The fraction of sp³-hybridized carbons (Fsp3) is 0. The molecule has 0 unspecified atom stereocenters. The monoisotopic (exact) mass is 436 g/mol. The van der Waals surface area contributed by atoms with Crippen molar-refractivity contribution in [2.24, 2.45) is 0 Å². The number of nitrogens with one attached hydrogen (secondary N) is 1. The van der Waals surface area contributed by atoms with Crippen molar-refractivity contribution in [3.63, 3.8) is 0 Å². The molecule has 0 fully saturated rings. The molecular formula is C13H8Br2Cl2N2O. The van der Waals surface area contributed by atoms with Crippen molar-refractivity contribution in [3.8, 4) is 0 Å². The zero-order valence-electron chi connectivity index (χ0n) is 9.88. The van der Waals surface area contributed by atoms with Gasteiger partial charge in [0.1, 0.15) is 0 Å². The standard InChI is InChI=1S/C13H8Br2Cl2N2O/c14-7-2-4-10(12(17)11(7)16)19-13(20)6-1-3-9(18)8(15)5-6/h1-5H,18H2,(H,19,20). The van der Waals surface area contributed by atoms with E-state index in [9.17, 15) is 4.79 Å². The number of hydrogen-bond acceptors (Lipinski definition) is 2. The molecule has 0 aliphatic rings. The Hall–Kier alpha value is -0.750. The van der Waals surface area contributed by atoms with E-state index >= 15 is 0 Å². The Morgan fingerprint density at radius 2 is 1.75 bits per heavy atom. The second-order valence-electron chi connectivity index (χ2n) is 3.91. The summed E-state index contributed by atoms with van der Waals surface area (Å²) in [7, 11) is 0. The number of nitrogen functional groups attached to an aromatic ring is 1.